The van der Waals surface area contributed by atoms with Crippen molar-refractivity contribution in [2.45, 2.75) is 4.90 Å². The average Bonchev–Trinajstić information content (AvgIpc) is 2.78. The highest BCUT2D eigenvalue weighted by Crippen LogP contribution is 2.27. The minimum atomic E-state index is -3.77. The number of rotatable bonds is 7. The number of amides is 1. The maximum atomic E-state index is 12.5. The van der Waals surface area contributed by atoms with E-state index < -0.39 is 28.5 Å². The summed E-state index contributed by atoms with van der Waals surface area (Å²) in [6, 6.07) is 20.5. The molecular formula is C23H21ClN2O5S. The molecular weight excluding hydrogens is 452 g/mol. The second-order valence-electron chi connectivity index (χ2n) is 6.96. The van der Waals surface area contributed by atoms with E-state index in [1.165, 1.54) is 26.2 Å². The van der Waals surface area contributed by atoms with Crippen molar-refractivity contribution in [3.63, 3.8) is 0 Å². The molecule has 1 amide bonds. The quantitative estimate of drug-likeness (QED) is 0.523. The first-order chi connectivity index (χ1) is 15.2. The van der Waals surface area contributed by atoms with Gasteiger partial charge >= 0.3 is 5.97 Å². The Labute approximate surface area is 191 Å². The Kier molecular flexibility index (Phi) is 7.29. The van der Waals surface area contributed by atoms with Gasteiger partial charge in [-0.25, -0.2) is 17.5 Å². The van der Waals surface area contributed by atoms with Crippen LogP contribution in [0.25, 0.3) is 11.1 Å². The third-order valence-electron chi connectivity index (χ3n) is 4.56. The van der Waals surface area contributed by atoms with E-state index in [-0.39, 0.29) is 15.5 Å². The number of benzene rings is 3. The van der Waals surface area contributed by atoms with Crippen LogP contribution in [0, 0.1) is 0 Å². The van der Waals surface area contributed by atoms with Gasteiger partial charge in [0.05, 0.1) is 15.5 Å². The molecule has 3 rings (SSSR count). The van der Waals surface area contributed by atoms with Crippen LogP contribution < -0.4 is 5.32 Å². The molecule has 0 unspecified atom stereocenters. The summed E-state index contributed by atoms with van der Waals surface area (Å²) in [5.41, 5.74) is 2.16. The normalized spacial score (nSPS) is 11.2. The zero-order chi connectivity index (χ0) is 23.3. The number of nitrogens with zero attached hydrogens (tertiary/aromatic N) is 1. The van der Waals surface area contributed by atoms with E-state index in [2.05, 4.69) is 5.32 Å². The molecule has 0 aliphatic rings. The molecule has 0 aromatic heterocycles. The molecule has 0 radical (unpaired) electrons. The van der Waals surface area contributed by atoms with E-state index in [0.29, 0.717) is 5.69 Å². The van der Waals surface area contributed by atoms with Crippen molar-refractivity contribution >= 4 is 39.2 Å². The van der Waals surface area contributed by atoms with E-state index in [4.69, 9.17) is 16.3 Å². The van der Waals surface area contributed by atoms with Crippen molar-refractivity contribution in [3.05, 3.63) is 83.4 Å². The number of ether oxygens (including phenoxy) is 1. The van der Waals surface area contributed by atoms with Crippen LogP contribution in [0.1, 0.15) is 10.4 Å². The highest BCUT2D eigenvalue weighted by Gasteiger charge is 2.22. The second-order valence-corrected chi connectivity index (χ2v) is 9.52. The highest BCUT2D eigenvalue weighted by molar-refractivity contribution is 7.89. The van der Waals surface area contributed by atoms with Gasteiger partial charge in [0.25, 0.3) is 5.91 Å². The predicted molar refractivity (Wildman–Crippen MR) is 123 cm³/mol. The maximum Gasteiger partial charge on any atom is 0.340 e. The van der Waals surface area contributed by atoms with Crippen molar-refractivity contribution in [1.29, 1.82) is 0 Å². The van der Waals surface area contributed by atoms with Crippen LogP contribution in [-0.4, -0.2) is 45.3 Å². The number of anilines is 1. The lowest BCUT2D eigenvalue weighted by atomic mass is 10.0. The summed E-state index contributed by atoms with van der Waals surface area (Å²) in [6.45, 7) is -0.567. The van der Waals surface area contributed by atoms with Crippen LogP contribution in [0.15, 0.2) is 77.7 Å². The van der Waals surface area contributed by atoms with Gasteiger partial charge in [-0.15, -0.1) is 0 Å². The van der Waals surface area contributed by atoms with Gasteiger partial charge in [0.2, 0.25) is 10.0 Å². The first-order valence-electron chi connectivity index (χ1n) is 9.53. The summed E-state index contributed by atoms with van der Waals surface area (Å²) in [5, 5.41) is 2.75. The topological polar surface area (TPSA) is 92.8 Å². The first kappa shape index (κ1) is 23.5. The number of esters is 1. The molecule has 7 nitrogen and oxygen atoms in total. The number of nitrogens with one attached hydrogen (secondary N) is 1. The third kappa shape index (κ3) is 5.34. The molecule has 0 saturated heterocycles. The number of carbonyl (C=O) groups excluding carboxylic acids is 2. The molecule has 0 bridgehead atoms. The minimum absolute atomic E-state index is 0.0162. The smallest absolute Gasteiger partial charge is 0.340 e. The Hall–Kier alpha value is -3.20. The lowest BCUT2D eigenvalue weighted by molar-refractivity contribution is -0.119. The van der Waals surface area contributed by atoms with Crippen molar-refractivity contribution in [2.75, 3.05) is 26.0 Å². The first-order valence-corrected chi connectivity index (χ1v) is 11.4. The summed E-state index contributed by atoms with van der Waals surface area (Å²) < 4.78 is 30.7. The molecule has 9 heteroatoms. The summed E-state index contributed by atoms with van der Waals surface area (Å²) >= 11 is 6.04. The predicted octanol–water partition coefficient (Wildman–Crippen LogP) is 4.05. The Balaban J connectivity index is 1.71. The van der Waals surface area contributed by atoms with Crippen LogP contribution in [0.3, 0.4) is 0 Å². The molecule has 3 aromatic rings. The summed E-state index contributed by atoms with van der Waals surface area (Å²) in [5.74, 6) is -1.45. The molecule has 1 N–H and O–H groups in total. The minimum Gasteiger partial charge on any atom is -0.452 e. The Morgan fingerprint density at radius 2 is 1.62 bits per heavy atom. The van der Waals surface area contributed by atoms with Gasteiger partial charge in [0, 0.05) is 25.3 Å². The average molecular weight is 473 g/mol. The van der Waals surface area contributed by atoms with Crippen LogP contribution in [0.5, 0.6) is 0 Å². The van der Waals surface area contributed by atoms with Crippen molar-refractivity contribution in [1.82, 2.24) is 4.31 Å². The fourth-order valence-corrected chi connectivity index (χ4v) is 4.01. The van der Waals surface area contributed by atoms with Gasteiger partial charge in [-0.3, -0.25) is 4.79 Å². The molecule has 166 valence electrons. The molecule has 32 heavy (non-hydrogen) atoms. The highest BCUT2D eigenvalue weighted by atomic mass is 35.5. The lowest BCUT2D eigenvalue weighted by Gasteiger charge is -2.13. The molecule has 0 aliphatic heterocycles. The fourth-order valence-electron chi connectivity index (χ4n) is 2.89. The monoisotopic (exact) mass is 472 g/mol. The van der Waals surface area contributed by atoms with Gasteiger partial charge in [0.1, 0.15) is 0 Å². The summed E-state index contributed by atoms with van der Waals surface area (Å²) in [6.07, 6.45) is 0. The van der Waals surface area contributed by atoms with E-state index in [1.807, 2.05) is 42.5 Å². The van der Waals surface area contributed by atoms with Crippen molar-refractivity contribution < 1.29 is 22.7 Å². The number of sulfonamides is 1. The van der Waals surface area contributed by atoms with Gasteiger partial charge in [-0.1, -0.05) is 60.1 Å². The van der Waals surface area contributed by atoms with E-state index >= 15 is 0 Å². The Morgan fingerprint density at radius 3 is 2.31 bits per heavy atom. The Bertz CT molecular complexity index is 1240. The van der Waals surface area contributed by atoms with Gasteiger partial charge in [0.15, 0.2) is 6.61 Å². The standard InChI is InChI=1S/C23H21ClN2O5S/c1-26(2)32(29,30)17-12-13-20(24)19(14-17)23(28)31-15-22(27)25-21-11-7-6-10-18(21)16-8-4-3-5-9-16/h3-14H,15H2,1-2H3,(H,25,27). The molecule has 0 atom stereocenters. The van der Waals surface area contributed by atoms with Crippen LogP contribution in [-0.2, 0) is 19.6 Å². The van der Waals surface area contributed by atoms with Crippen LogP contribution in [0.4, 0.5) is 5.69 Å². The van der Waals surface area contributed by atoms with Crippen LogP contribution in [0.2, 0.25) is 5.02 Å². The number of para-hydroxylation sites is 1. The van der Waals surface area contributed by atoms with Crippen molar-refractivity contribution in [3.8, 4) is 11.1 Å². The second kappa shape index (κ2) is 9.95. The Morgan fingerprint density at radius 1 is 0.969 bits per heavy atom. The van der Waals surface area contributed by atoms with Gasteiger partial charge in [-0.2, -0.15) is 0 Å². The summed E-state index contributed by atoms with van der Waals surface area (Å²) in [7, 11) is -1.02. The molecule has 0 heterocycles. The summed E-state index contributed by atoms with van der Waals surface area (Å²) in [4.78, 5) is 24.8. The van der Waals surface area contributed by atoms with Gasteiger partial charge in [-0.05, 0) is 29.8 Å². The molecule has 0 spiro atoms. The van der Waals surface area contributed by atoms with E-state index in [9.17, 15) is 18.0 Å². The number of halogens is 1. The number of hydrogen-bond acceptors (Lipinski definition) is 5. The van der Waals surface area contributed by atoms with Crippen molar-refractivity contribution in [2.24, 2.45) is 0 Å². The molecule has 3 aromatic carbocycles. The largest absolute Gasteiger partial charge is 0.452 e. The zero-order valence-electron chi connectivity index (χ0n) is 17.4. The van der Waals surface area contributed by atoms with Crippen LogP contribution >= 0.6 is 11.6 Å². The SMILES string of the molecule is CN(C)S(=O)(=O)c1ccc(Cl)c(C(=O)OCC(=O)Nc2ccccc2-c2ccccc2)c1. The van der Waals surface area contributed by atoms with E-state index in [0.717, 1.165) is 21.5 Å². The molecule has 0 aliphatic carbocycles. The molecule has 0 saturated carbocycles. The zero-order valence-corrected chi connectivity index (χ0v) is 19.0. The fraction of sp³-hybridized carbons (Fsp3) is 0.130. The maximum absolute atomic E-state index is 12.5. The number of hydrogen-bond donors (Lipinski definition) is 1. The van der Waals surface area contributed by atoms with Gasteiger partial charge < -0.3 is 10.1 Å². The van der Waals surface area contributed by atoms with E-state index in [1.54, 1.807) is 12.1 Å². The molecule has 0 fully saturated rings. The lowest BCUT2D eigenvalue weighted by Crippen LogP contribution is -2.23. The number of carbonyl (C=O) groups is 2. The third-order valence-corrected chi connectivity index (χ3v) is 6.70.